The highest BCUT2D eigenvalue weighted by molar-refractivity contribution is 6.14. The summed E-state index contributed by atoms with van der Waals surface area (Å²) >= 11 is 5.55. The molecular formula is C13H9ClF4N2O3. The van der Waals surface area contributed by atoms with E-state index in [4.69, 9.17) is 11.8 Å². The lowest BCUT2D eigenvalue weighted by molar-refractivity contribution is -0.221. The van der Waals surface area contributed by atoms with Crippen LogP contribution in [0.5, 0.6) is 0 Å². The molecule has 0 aromatic heterocycles. The molecule has 0 radical (unpaired) electrons. The summed E-state index contributed by atoms with van der Waals surface area (Å²) in [7, 11) is 0.734. The van der Waals surface area contributed by atoms with E-state index in [0.29, 0.717) is 0 Å². The van der Waals surface area contributed by atoms with E-state index in [1.54, 1.807) is 6.07 Å². The Kier molecular flexibility index (Phi) is 4.36. The number of hydrogen-bond acceptors (Lipinski definition) is 5. The molecule has 0 saturated carbocycles. The number of nitrogens with zero attached hydrogens (tertiary/aromatic N) is 2. The first-order valence-corrected chi connectivity index (χ1v) is 6.40. The lowest BCUT2D eigenvalue weighted by Crippen LogP contribution is -2.58. The fraction of sp³-hybridized carbons (Fsp3) is 0.231. The Morgan fingerprint density at radius 2 is 1.87 bits per heavy atom. The van der Waals surface area contributed by atoms with E-state index in [1.807, 2.05) is 0 Å². The number of carbonyl (C=O) groups excluding carboxylic acids is 2. The Hall–Kier alpha value is -2.13. The molecule has 1 aliphatic heterocycles. The van der Waals surface area contributed by atoms with Gasteiger partial charge in [-0.15, -0.1) is 0 Å². The molecule has 1 aromatic rings. The number of benzene rings is 1. The Labute approximate surface area is 132 Å². The van der Waals surface area contributed by atoms with Crippen molar-refractivity contribution in [1.29, 1.82) is 0 Å². The fourth-order valence-electron chi connectivity index (χ4n) is 1.97. The van der Waals surface area contributed by atoms with Crippen molar-refractivity contribution in [2.45, 2.75) is 11.7 Å². The molecule has 0 N–H and O–H groups in total. The third-order valence-electron chi connectivity index (χ3n) is 3.27. The van der Waals surface area contributed by atoms with Crippen LogP contribution in [0.2, 0.25) is 0 Å². The second-order valence-electron chi connectivity index (χ2n) is 4.54. The molecule has 0 aliphatic carbocycles. The van der Waals surface area contributed by atoms with E-state index >= 15 is 0 Å². The highest BCUT2D eigenvalue weighted by atomic mass is 35.5. The highest BCUT2D eigenvalue weighted by Gasteiger charge is 2.68. The summed E-state index contributed by atoms with van der Waals surface area (Å²) in [6.07, 6.45) is -5.97. The van der Waals surface area contributed by atoms with Crippen molar-refractivity contribution < 1.29 is 31.9 Å². The minimum Gasteiger partial charge on any atom is -0.400 e. The van der Waals surface area contributed by atoms with E-state index in [2.05, 4.69) is 4.74 Å². The van der Waals surface area contributed by atoms with Gasteiger partial charge in [0, 0.05) is 18.8 Å². The summed E-state index contributed by atoms with van der Waals surface area (Å²) in [4.78, 5) is 22.8. The number of ether oxygens (including phenoxy) is 1. The molecule has 1 atom stereocenters. The van der Waals surface area contributed by atoms with Crippen molar-refractivity contribution >= 4 is 24.0 Å². The average molecular weight is 353 g/mol. The zero-order chi connectivity index (χ0) is 17.4. The lowest BCUT2D eigenvalue weighted by atomic mass is 10.00. The molecule has 1 aliphatic rings. The molecule has 124 valence electrons. The molecule has 0 bridgehead atoms. The second-order valence-corrected chi connectivity index (χ2v) is 4.86. The topological polar surface area (TPSA) is 49.9 Å². The molecule has 1 aromatic carbocycles. The van der Waals surface area contributed by atoms with E-state index in [0.717, 1.165) is 7.05 Å². The average Bonchev–Trinajstić information content (AvgIpc) is 2.69. The maximum atomic E-state index is 14.3. The van der Waals surface area contributed by atoms with Gasteiger partial charge < -0.3 is 9.53 Å². The van der Waals surface area contributed by atoms with Gasteiger partial charge in [0.15, 0.2) is 6.29 Å². The van der Waals surface area contributed by atoms with Crippen molar-refractivity contribution in [1.82, 2.24) is 9.54 Å². The SMILES string of the molecule is CN1N(Cl)C(OC(=O)c2ccccc2)=C(F)C1(C=O)C(F)(F)F. The second kappa shape index (κ2) is 5.82. The molecule has 0 saturated heterocycles. The number of likely N-dealkylation sites (N-methyl/N-ethyl adjacent to an activating group) is 1. The van der Waals surface area contributed by atoms with Gasteiger partial charge in [0.2, 0.25) is 11.4 Å². The molecule has 10 heteroatoms. The van der Waals surface area contributed by atoms with Crippen LogP contribution in [0.4, 0.5) is 17.6 Å². The zero-order valence-electron chi connectivity index (χ0n) is 11.5. The van der Waals surface area contributed by atoms with Gasteiger partial charge in [-0.05, 0) is 12.1 Å². The van der Waals surface area contributed by atoms with Gasteiger partial charge in [-0.3, -0.25) is 0 Å². The van der Waals surface area contributed by atoms with E-state index in [1.165, 1.54) is 24.3 Å². The number of rotatable bonds is 3. The Morgan fingerprint density at radius 1 is 1.30 bits per heavy atom. The van der Waals surface area contributed by atoms with Crippen LogP contribution in [-0.2, 0) is 9.53 Å². The number of hydrazine groups is 1. The predicted molar refractivity (Wildman–Crippen MR) is 70.3 cm³/mol. The summed E-state index contributed by atoms with van der Waals surface area (Å²) in [6.45, 7) is 0. The van der Waals surface area contributed by atoms with Crippen LogP contribution >= 0.6 is 11.8 Å². The van der Waals surface area contributed by atoms with Crippen molar-refractivity contribution in [3.8, 4) is 0 Å². The minimum absolute atomic E-state index is 0.0314. The number of alkyl halides is 3. The van der Waals surface area contributed by atoms with Gasteiger partial charge in [-0.2, -0.15) is 22.7 Å². The summed E-state index contributed by atoms with van der Waals surface area (Å²) in [5, 5.41) is 0.0878. The molecule has 23 heavy (non-hydrogen) atoms. The van der Waals surface area contributed by atoms with Crippen LogP contribution in [-0.4, -0.2) is 40.6 Å². The first-order chi connectivity index (χ1) is 10.7. The van der Waals surface area contributed by atoms with Gasteiger partial charge >= 0.3 is 12.1 Å². The maximum Gasteiger partial charge on any atom is 0.422 e. The van der Waals surface area contributed by atoms with Crippen LogP contribution < -0.4 is 0 Å². The van der Waals surface area contributed by atoms with Gasteiger partial charge in [-0.25, -0.2) is 9.18 Å². The van der Waals surface area contributed by atoms with Gasteiger partial charge in [-0.1, -0.05) is 18.2 Å². The van der Waals surface area contributed by atoms with Crippen molar-refractivity contribution in [2.24, 2.45) is 0 Å². The number of aldehydes is 1. The third-order valence-corrected chi connectivity index (χ3v) is 3.65. The van der Waals surface area contributed by atoms with Gasteiger partial charge in [0.1, 0.15) is 0 Å². The summed E-state index contributed by atoms with van der Waals surface area (Å²) in [5.41, 5.74) is -3.68. The van der Waals surface area contributed by atoms with E-state index in [9.17, 15) is 27.2 Å². The van der Waals surface area contributed by atoms with Crippen LogP contribution in [0.3, 0.4) is 0 Å². The van der Waals surface area contributed by atoms with Crippen LogP contribution in [0.15, 0.2) is 42.0 Å². The predicted octanol–water partition coefficient (Wildman–Crippen LogP) is 2.80. The third kappa shape index (κ3) is 2.55. The van der Waals surface area contributed by atoms with Crippen LogP contribution in [0.25, 0.3) is 0 Å². The van der Waals surface area contributed by atoms with Crippen LogP contribution in [0, 0.1) is 0 Å². The summed E-state index contributed by atoms with van der Waals surface area (Å²) in [5.74, 6) is -4.37. The zero-order valence-corrected chi connectivity index (χ0v) is 12.2. The fourth-order valence-corrected chi connectivity index (χ4v) is 2.19. The van der Waals surface area contributed by atoms with Crippen molar-refractivity contribution in [3.05, 3.63) is 47.6 Å². The van der Waals surface area contributed by atoms with Crippen molar-refractivity contribution in [2.75, 3.05) is 7.05 Å². The van der Waals surface area contributed by atoms with E-state index in [-0.39, 0.29) is 15.1 Å². The van der Waals surface area contributed by atoms with Gasteiger partial charge in [0.05, 0.1) is 5.56 Å². The number of hydrogen-bond donors (Lipinski definition) is 0. The lowest BCUT2D eigenvalue weighted by Gasteiger charge is -2.33. The molecule has 0 amide bonds. The summed E-state index contributed by atoms with van der Waals surface area (Å²) < 4.78 is 58.4. The summed E-state index contributed by atoms with van der Waals surface area (Å²) in [6, 6.07) is 7.18. The molecule has 0 fully saturated rings. The molecule has 5 nitrogen and oxygen atoms in total. The van der Waals surface area contributed by atoms with E-state index < -0.39 is 35.7 Å². The minimum atomic E-state index is -5.32. The molecule has 1 heterocycles. The van der Waals surface area contributed by atoms with Gasteiger partial charge in [0.25, 0.3) is 5.88 Å². The normalized spacial score (nSPS) is 22.4. The maximum absolute atomic E-state index is 14.3. The largest absolute Gasteiger partial charge is 0.422 e. The molecule has 0 spiro atoms. The molecular weight excluding hydrogens is 344 g/mol. The smallest absolute Gasteiger partial charge is 0.400 e. The monoisotopic (exact) mass is 352 g/mol. The molecule has 1 unspecified atom stereocenters. The number of esters is 1. The number of halogens is 5. The quantitative estimate of drug-likeness (QED) is 0.362. The first-order valence-electron chi connectivity index (χ1n) is 6.07. The van der Waals surface area contributed by atoms with Crippen molar-refractivity contribution in [3.63, 3.8) is 0 Å². The standard InChI is InChI=1S/C13H9ClF4N2O3/c1-19-12(7-21,13(16,17)18)9(15)10(20(19)14)23-11(22)8-5-3-2-4-6-8/h2-7H,1H3. The number of carbonyl (C=O) groups is 2. The molecule has 2 rings (SSSR count). The Morgan fingerprint density at radius 3 is 2.30 bits per heavy atom. The Balaban J connectivity index is 2.43. The first kappa shape index (κ1) is 17.2. The van der Waals surface area contributed by atoms with Crippen LogP contribution in [0.1, 0.15) is 10.4 Å². The Bertz CT molecular complexity index is 665. The highest BCUT2D eigenvalue weighted by Crippen LogP contribution is 2.48.